The van der Waals surface area contributed by atoms with Crippen LogP contribution in [0.2, 0.25) is 0 Å². The highest BCUT2D eigenvalue weighted by molar-refractivity contribution is 7.80. The first-order valence-electron chi connectivity index (χ1n) is 4.87. The van der Waals surface area contributed by atoms with Crippen molar-refractivity contribution in [2.45, 2.75) is 25.4 Å². The van der Waals surface area contributed by atoms with Gasteiger partial charge >= 0.3 is 6.09 Å². The highest BCUT2D eigenvalue weighted by Gasteiger charge is 2.24. The minimum atomic E-state index is -0.360. The van der Waals surface area contributed by atoms with Crippen molar-refractivity contribution in [1.29, 1.82) is 0 Å². The van der Waals surface area contributed by atoms with Gasteiger partial charge in [0.05, 0.1) is 0 Å². The first-order valence-corrected chi connectivity index (χ1v) is 5.39. The lowest BCUT2D eigenvalue weighted by Gasteiger charge is -2.16. The molecule has 0 fully saturated rings. The lowest BCUT2D eigenvalue weighted by molar-refractivity contribution is 0.0976. The molecule has 80 valence electrons. The van der Waals surface area contributed by atoms with Crippen LogP contribution in [0.1, 0.15) is 18.1 Å². The molecule has 0 saturated carbocycles. The fraction of sp³-hybridized carbons (Fsp3) is 0.364. The Kier molecular flexibility index (Phi) is 2.86. The number of nitrogens with zero attached hydrogens (tertiary/aromatic N) is 1. The Bertz CT molecular complexity index is 354. The van der Waals surface area contributed by atoms with E-state index in [1.807, 2.05) is 24.3 Å². The van der Waals surface area contributed by atoms with E-state index < -0.39 is 0 Å². The van der Waals surface area contributed by atoms with Crippen molar-refractivity contribution in [3.05, 3.63) is 35.4 Å². The van der Waals surface area contributed by atoms with Gasteiger partial charge in [0.25, 0.3) is 0 Å². The van der Waals surface area contributed by atoms with Crippen LogP contribution in [0.3, 0.4) is 0 Å². The van der Waals surface area contributed by atoms with Crippen molar-refractivity contribution in [2.75, 3.05) is 0 Å². The van der Waals surface area contributed by atoms with Crippen molar-refractivity contribution in [3.63, 3.8) is 0 Å². The van der Waals surface area contributed by atoms with Crippen LogP contribution in [-0.2, 0) is 17.8 Å². The van der Waals surface area contributed by atoms with Crippen molar-refractivity contribution in [1.82, 2.24) is 4.90 Å². The second-order valence-electron chi connectivity index (χ2n) is 3.61. The number of rotatable bonds is 1. The predicted octanol–water partition coefficient (Wildman–Crippen LogP) is 2.41. The van der Waals surface area contributed by atoms with Crippen LogP contribution in [0.4, 0.5) is 4.79 Å². The Labute approximate surface area is 94.4 Å². The minimum absolute atomic E-state index is 0.297. The second kappa shape index (κ2) is 4.14. The third-order valence-electron chi connectivity index (χ3n) is 2.37. The molecule has 1 aromatic rings. The number of fused-ring (bicyclic) bond motifs is 1. The second-order valence-corrected chi connectivity index (χ2v) is 4.34. The number of thiol groups is 1. The van der Waals surface area contributed by atoms with Gasteiger partial charge in [-0.15, -0.1) is 12.6 Å². The highest BCUT2D eigenvalue weighted by atomic mass is 32.1. The summed E-state index contributed by atoms with van der Waals surface area (Å²) in [7, 11) is 0. The molecule has 15 heavy (non-hydrogen) atoms. The van der Waals surface area contributed by atoms with E-state index in [2.05, 4.69) is 12.6 Å². The first kappa shape index (κ1) is 10.4. The van der Waals surface area contributed by atoms with Gasteiger partial charge in [-0.05, 0) is 18.1 Å². The van der Waals surface area contributed by atoms with Crippen molar-refractivity contribution in [2.24, 2.45) is 0 Å². The zero-order chi connectivity index (χ0) is 10.8. The molecule has 1 amide bonds. The smallest absolute Gasteiger partial charge is 0.411 e. The number of benzene rings is 1. The highest BCUT2D eigenvalue weighted by Crippen LogP contribution is 2.23. The third-order valence-corrected chi connectivity index (χ3v) is 2.48. The maximum absolute atomic E-state index is 11.6. The van der Waals surface area contributed by atoms with Gasteiger partial charge in [-0.3, -0.25) is 4.90 Å². The number of carbonyl (C=O) groups excluding carboxylic acids is 1. The zero-order valence-electron chi connectivity index (χ0n) is 8.51. The van der Waals surface area contributed by atoms with E-state index >= 15 is 0 Å². The summed E-state index contributed by atoms with van der Waals surface area (Å²) in [6.07, 6.45) is -0.297. The molecule has 0 saturated heterocycles. The normalized spacial score (nSPS) is 16.0. The Balaban J connectivity index is 2.04. The molecule has 0 N–H and O–H groups in total. The van der Waals surface area contributed by atoms with Gasteiger partial charge in [0.2, 0.25) is 0 Å². The van der Waals surface area contributed by atoms with Gasteiger partial charge in [-0.2, -0.15) is 0 Å². The zero-order valence-corrected chi connectivity index (χ0v) is 9.41. The summed E-state index contributed by atoms with van der Waals surface area (Å²) in [5.74, 6) is 0. The molecule has 1 heterocycles. The minimum Gasteiger partial charge on any atom is -0.436 e. The lowest BCUT2D eigenvalue weighted by atomic mass is 10.1. The molecule has 1 aliphatic rings. The van der Waals surface area contributed by atoms with E-state index in [1.165, 1.54) is 11.1 Å². The number of hydrogen-bond donors (Lipinski definition) is 1. The summed E-state index contributed by atoms with van der Waals surface area (Å²) in [4.78, 5) is 13.3. The average Bonchev–Trinajstić information content (AvgIpc) is 2.59. The van der Waals surface area contributed by atoms with Crippen LogP contribution in [0, 0.1) is 0 Å². The molecule has 2 rings (SSSR count). The third kappa shape index (κ3) is 2.26. The number of carbonyl (C=O) groups is 1. The van der Waals surface area contributed by atoms with Gasteiger partial charge in [-0.25, -0.2) is 4.79 Å². The Morgan fingerprint density at radius 2 is 1.93 bits per heavy atom. The van der Waals surface area contributed by atoms with Gasteiger partial charge in [0.1, 0.15) is 5.44 Å². The molecule has 3 nitrogen and oxygen atoms in total. The molecular weight excluding hydrogens is 210 g/mol. The molecule has 1 unspecified atom stereocenters. The monoisotopic (exact) mass is 223 g/mol. The molecular formula is C11H13NO2S. The summed E-state index contributed by atoms with van der Waals surface area (Å²) < 4.78 is 5.02. The molecule has 1 aromatic carbocycles. The molecule has 1 atom stereocenters. The molecule has 4 heteroatoms. The number of ether oxygens (including phenoxy) is 1. The van der Waals surface area contributed by atoms with Crippen molar-refractivity contribution >= 4 is 18.7 Å². The molecule has 0 aromatic heterocycles. The predicted molar refractivity (Wildman–Crippen MR) is 60.6 cm³/mol. The Hall–Kier alpha value is -1.16. The van der Waals surface area contributed by atoms with E-state index in [4.69, 9.17) is 4.74 Å². The summed E-state index contributed by atoms with van der Waals surface area (Å²) in [5.41, 5.74) is 2.03. The summed E-state index contributed by atoms with van der Waals surface area (Å²) in [5, 5.41) is 0. The largest absolute Gasteiger partial charge is 0.436 e. The van der Waals surface area contributed by atoms with E-state index in [0.29, 0.717) is 13.1 Å². The summed E-state index contributed by atoms with van der Waals surface area (Å²) in [6, 6.07) is 8.03. The molecule has 0 radical (unpaired) electrons. The first-order chi connectivity index (χ1) is 7.16. The van der Waals surface area contributed by atoms with Crippen molar-refractivity contribution < 1.29 is 9.53 Å². The fourth-order valence-electron chi connectivity index (χ4n) is 1.68. The van der Waals surface area contributed by atoms with Gasteiger partial charge in [0, 0.05) is 13.1 Å². The van der Waals surface area contributed by atoms with Crippen LogP contribution in [0.5, 0.6) is 0 Å². The van der Waals surface area contributed by atoms with Crippen LogP contribution < -0.4 is 0 Å². The van der Waals surface area contributed by atoms with Gasteiger partial charge in [0.15, 0.2) is 0 Å². The standard InChI is InChI=1S/C11H13NO2S/c1-8(15)14-11(13)12-6-9-4-2-3-5-10(9)7-12/h2-5,8,15H,6-7H2,1H3. The van der Waals surface area contributed by atoms with Crippen LogP contribution >= 0.6 is 12.6 Å². The van der Waals surface area contributed by atoms with Crippen molar-refractivity contribution in [3.8, 4) is 0 Å². The average molecular weight is 223 g/mol. The van der Waals surface area contributed by atoms with E-state index in [-0.39, 0.29) is 11.5 Å². The van der Waals surface area contributed by atoms with Gasteiger partial charge < -0.3 is 4.74 Å². The lowest BCUT2D eigenvalue weighted by Crippen LogP contribution is -2.27. The Morgan fingerprint density at radius 3 is 2.40 bits per heavy atom. The number of amides is 1. The summed E-state index contributed by atoms with van der Waals surface area (Å²) in [6.45, 7) is 3.00. The number of hydrogen-bond acceptors (Lipinski definition) is 3. The molecule has 1 aliphatic heterocycles. The van der Waals surface area contributed by atoms with Crippen LogP contribution in [-0.4, -0.2) is 16.4 Å². The maximum atomic E-state index is 11.6. The van der Waals surface area contributed by atoms with Gasteiger partial charge in [-0.1, -0.05) is 24.3 Å². The fourth-order valence-corrected chi connectivity index (χ4v) is 1.77. The molecule has 0 bridgehead atoms. The van der Waals surface area contributed by atoms with Crippen LogP contribution in [0.15, 0.2) is 24.3 Å². The SMILES string of the molecule is CC(S)OC(=O)N1Cc2ccccc2C1. The van der Waals surface area contributed by atoms with E-state index in [0.717, 1.165) is 0 Å². The Morgan fingerprint density at radius 1 is 1.40 bits per heavy atom. The van der Waals surface area contributed by atoms with E-state index in [9.17, 15) is 4.79 Å². The van der Waals surface area contributed by atoms with E-state index in [1.54, 1.807) is 11.8 Å². The molecule has 0 spiro atoms. The maximum Gasteiger partial charge on any atom is 0.411 e. The molecule has 0 aliphatic carbocycles. The topological polar surface area (TPSA) is 29.5 Å². The summed E-state index contributed by atoms with van der Waals surface area (Å²) >= 11 is 4.02. The van der Waals surface area contributed by atoms with Crippen LogP contribution in [0.25, 0.3) is 0 Å². The quantitative estimate of drug-likeness (QED) is 0.585.